The maximum Gasteiger partial charge on any atom is 0.317 e. The van der Waals surface area contributed by atoms with Gasteiger partial charge in [-0.25, -0.2) is 4.79 Å². The molecule has 1 saturated heterocycles. The average molecular weight is 368 g/mol. The number of likely N-dealkylation sites (N-methyl/N-ethyl adjacent to an activating group) is 1. The minimum Gasteiger partial charge on any atom is -0.361 e. The van der Waals surface area contributed by atoms with Crippen LogP contribution in [0, 0.1) is 6.92 Å². The third-order valence-electron chi connectivity index (χ3n) is 5.12. The number of piperazine rings is 1. The van der Waals surface area contributed by atoms with Gasteiger partial charge in [-0.15, -0.1) is 0 Å². The lowest BCUT2D eigenvalue weighted by atomic mass is 10.1. The van der Waals surface area contributed by atoms with Crippen molar-refractivity contribution in [2.24, 2.45) is 0 Å². The number of benzene rings is 1. The van der Waals surface area contributed by atoms with Gasteiger partial charge >= 0.3 is 6.03 Å². The lowest BCUT2D eigenvalue weighted by Gasteiger charge is -2.37. The summed E-state index contributed by atoms with van der Waals surface area (Å²) in [6, 6.07) is 8.15. The van der Waals surface area contributed by atoms with E-state index in [0.717, 1.165) is 18.5 Å². The van der Waals surface area contributed by atoms with Gasteiger partial charge in [0.15, 0.2) is 5.82 Å². The normalized spacial score (nSPS) is 18.1. The van der Waals surface area contributed by atoms with E-state index in [1.54, 1.807) is 6.92 Å². The minimum absolute atomic E-state index is 0.0504. The summed E-state index contributed by atoms with van der Waals surface area (Å²) in [5.41, 5.74) is 2.35. The third-order valence-corrected chi connectivity index (χ3v) is 5.12. The molecule has 2 amide bonds. The number of carbonyl (C=O) groups excluding carboxylic acids is 1. The second-order valence-corrected chi connectivity index (χ2v) is 6.96. The molecule has 2 aromatic heterocycles. The van der Waals surface area contributed by atoms with Gasteiger partial charge in [-0.3, -0.25) is 4.90 Å². The molecule has 1 aliphatic heterocycles. The molecule has 142 valence electrons. The van der Waals surface area contributed by atoms with Gasteiger partial charge in [-0.1, -0.05) is 17.3 Å². The van der Waals surface area contributed by atoms with Crippen molar-refractivity contribution in [3.8, 4) is 0 Å². The molecule has 0 bridgehead atoms. The number of hydrogen-bond acceptors (Lipinski definition) is 5. The van der Waals surface area contributed by atoms with Crippen LogP contribution in [-0.4, -0.2) is 64.2 Å². The first kappa shape index (κ1) is 17.5. The summed E-state index contributed by atoms with van der Waals surface area (Å²) in [5.74, 6) is 1.17. The van der Waals surface area contributed by atoms with E-state index in [-0.39, 0.29) is 12.1 Å². The maximum absolute atomic E-state index is 12.6. The molecule has 1 unspecified atom stereocenters. The summed E-state index contributed by atoms with van der Waals surface area (Å²) in [4.78, 5) is 24.1. The molecule has 1 aliphatic rings. The number of nitrogens with zero attached hydrogens (tertiary/aromatic N) is 4. The van der Waals surface area contributed by atoms with Crippen molar-refractivity contribution >= 4 is 16.9 Å². The van der Waals surface area contributed by atoms with Gasteiger partial charge in [0.05, 0.1) is 0 Å². The van der Waals surface area contributed by atoms with E-state index < -0.39 is 0 Å². The van der Waals surface area contributed by atoms with E-state index in [1.165, 1.54) is 10.9 Å². The van der Waals surface area contributed by atoms with E-state index in [2.05, 4.69) is 43.5 Å². The molecule has 0 radical (unpaired) electrons. The zero-order chi connectivity index (χ0) is 18.8. The third kappa shape index (κ3) is 3.66. The van der Waals surface area contributed by atoms with Gasteiger partial charge in [-0.2, -0.15) is 4.98 Å². The predicted octanol–water partition coefficient (Wildman–Crippen LogP) is 2.10. The van der Waals surface area contributed by atoms with E-state index in [1.807, 2.05) is 24.2 Å². The van der Waals surface area contributed by atoms with Gasteiger partial charge < -0.3 is 19.7 Å². The molecule has 3 heterocycles. The fourth-order valence-corrected chi connectivity index (χ4v) is 3.56. The Labute approximate surface area is 157 Å². The smallest absolute Gasteiger partial charge is 0.317 e. The first-order valence-corrected chi connectivity index (χ1v) is 9.20. The molecule has 8 nitrogen and oxygen atoms in total. The first-order valence-electron chi connectivity index (χ1n) is 9.20. The average Bonchev–Trinajstić information content (AvgIpc) is 3.31. The lowest BCUT2D eigenvalue weighted by Crippen LogP contribution is -2.52. The first-order chi connectivity index (χ1) is 13.1. The molecule has 0 aliphatic carbocycles. The Hall–Kier alpha value is -2.87. The van der Waals surface area contributed by atoms with Crippen LogP contribution in [0.4, 0.5) is 4.79 Å². The number of aromatic amines is 1. The highest BCUT2D eigenvalue weighted by Gasteiger charge is 2.31. The van der Waals surface area contributed by atoms with Crippen molar-refractivity contribution in [1.82, 2.24) is 30.2 Å². The van der Waals surface area contributed by atoms with Crippen molar-refractivity contribution in [3.63, 3.8) is 0 Å². The van der Waals surface area contributed by atoms with E-state index in [9.17, 15) is 4.79 Å². The Balaban J connectivity index is 1.34. The number of hydrogen-bond donors (Lipinski definition) is 2. The predicted molar refractivity (Wildman–Crippen MR) is 101 cm³/mol. The lowest BCUT2D eigenvalue weighted by molar-refractivity contribution is 0.0912. The molecule has 8 heteroatoms. The van der Waals surface area contributed by atoms with Gasteiger partial charge in [0.2, 0.25) is 5.89 Å². The zero-order valence-corrected chi connectivity index (χ0v) is 15.6. The van der Waals surface area contributed by atoms with Crippen molar-refractivity contribution in [2.75, 3.05) is 33.2 Å². The summed E-state index contributed by atoms with van der Waals surface area (Å²) in [6.45, 7) is 4.38. The van der Waals surface area contributed by atoms with Crippen LogP contribution in [0.5, 0.6) is 0 Å². The maximum atomic E-state index is 12.6. The highest BCUT2D eigenvalue weighted by atomic mass is 16.5. The molecule has 0 saturated carbocycles. The summed E-state index contributed by atoms with van der Waals surface area (Å²) >= 11 is 0. The number of urea groups is 1. The summed E-state index contributed by atoms with van der Waals surface area (Å²) in [6.07, 6.45) is 2.73. The summed E-state index contributed by atoms with van der Waals surface area (Å²) in [5, 5.41) is 8.11. The topological polar surface area (TPSA) is 90.3 Å². The monoisotopic (exact) mass is 368 g/mol. The highest BCUT2D eigenvalue weighted by molar-refractivity contribution is 5.83. The summed E-state index contributed by atoms with van der Waals surface area (Å²) < 4.78 is 5.31. The molecule has 1 atom stereocenters. The Morgan fingerprint density at radius 2 is 2.26 bits per heavy atom. The van der Waals surface area contributed by atoms with Crippen LogP contribution in [0.2, 0.25) is 0 Å². The van der Waals surface area contributed by atoms with Gasteiger partial charge in [0.1, 0.15) is 6.04 Å². The molecule has 1 aromatic carbocycles. The van der Waals surface area contributed by atoms with Crippen LogP contribution < -0.4 is 5.32 Å². The number of H-pyrrole nitrogens is 1. The standard InChI is InChI=1S/C19H24N6O2/c1-13-22-18(27-23-13)17-12-25(11-10-24(17)2)19(26)21-8-6-14-4-3-5-16-15(14)7-9-20-16/h3-5,7,9,17,20H,6,8,10-12H2,1-2H3,(H,21,26). The largest absolute Gasteiger partial charge is 0.361 e. The zero-order valence-electron chi connectivity index (χ0n) is 15.6. The summed E-state index contributed by atoms with van der Waals surface area (Å²) in [7, 11) is 2.01. The fraction of sp³-hybridized carbons (Fsp3) is 0.421. The van der Waals surface area contributed by atoms with E-state index in [0.29, 0.717) is 31.3 Å². The van der Waals surface area contributed by atoms with Crippen LogP contribution in [0.15, 0.2) is 35.0 Å². The number of aryl methyl sites for hydroxylation is 1. The second kappa shape index (κ2) is 7.40. The molecule has 1 fully saturated rings. The minimum atomic E-state index is -0.0701. The van der Waals surface area contributed by atoms with Crippen LogP contribution in [-0.2, 0) is 6.42 Å². The van der Waals surface area contributed by atoms with Crippen LogP contribution in [0.25, 0.3) is 10.9 Å². The number of rotatable bonds is 4. The fourth-order valence-electron chi connectivity index (χ4n) is 3.56. The number of carbonyl (C=O) groups is 1. The van der Waals surface area contributed by atoms with Gasteiger partial charge in [0.25, 0.3) is 0 Å². The molecule has 4 rings (SSSR count). The van der Waals surface area contributed by atoms with Gasteiger partial charge in [0, 0.05) is 43.3 Å². The van der Waals surface area contributed by atoms with Crippen molar-refractivity contribution < 1.29 is 9.32 Å². The van der Waals surface area contributed by atoms with Crippen LogP contribution in [0.3, 0.4) is 0 Å². The Kier molecular flexibility index (Phi) is 4.81. The van der Waals surface area contributed by atoms with E-state index >= 15 is 0 Å². The SMILES string of the molecule is Cc1noc(C2CN(C(=O)NCCc3cccc4[nH]ccc34)CCN2C)n1. The number of nitrogens with one attached hydrogen (secondary N) is 2. The number of fused-ring (bicyclic) bond motifs is 1. The molecule has 27 heavy (non-hydrogen) atoms. The van der Waals surface area contributed by atoms with Crippen molar-refractivity contribution in [1.29, 1.82) is 0 Å². The molecular formula is C19H24N6O2. The van der Waals surface area contributed by atoms with Crippen molar-refractivity contribution in [3.05, 3.63) is 47.7 Å². The molecule has 0 spiro atoms. The Morgan fingerprint density at radius 1 is 1.37 bits per heavy atom. The van der Waals surface area contributed by atoms with Crippen LogP contribution >= 0.6 is 0 Å². The molecular weight excluding hydrogens is 344 g/mol. The number of aromatic nitrogens is 3. The van der Waals surface area contributed by atoms with Crippen LogP contribution in [0.1, 0.15) is 23.3 Å². The Morgan fingerprint density at radius 3 is 3.07 bits per heavy atom. The number of amides is 2. The quantitative estimate of drug-likeness (QED) is 0.736. The van der Waals surface area contributed by atoms with Crippen molar-refractivity contribution in [2.45, 2.75) is 19.4 Å². The second-order valence-electron chi connectivity index (χ2n) is 6.96. The van der Waals surface area contributed by atoms with Gasteiger partial charge in [-0.05, 0) is 38.1 Å². The molecule has 2 N–H and O–H groups in total. The highest BCUT2D eigenvalue weighted by Crippen LogP contribution is 2.22. The molecule has 3 aromatic rings. The Bertz CT molecular complexity index is 933. The van der Waals surface area contributed by atoms with E-state index in [4.69, 9.17) is 4.52 Å².